The van der Waals surface area contributed by atoms with Gasteiger partial charge in [-0.2, -0.15) is 0 Å². The Morgan fingerprint density at radius 1 is 1.30 bits per heavy atom. The van der Waals surface area contributed by atoms with E-state index in [1.807, 2.05) is 0 Å². The smallest absolute Gasteiger partial charge is 0.252 e. The zero-order valence-corrected chi connectivity index (χ0v) is 14.7. The first-order valence-corrected chi connectivity index (χ1v) is 8.32. The van der Waals surface area contributed by atoms with Gasteiger partial charge in [-0.3, -0.25) is 14.4 Å². The predicted molar refractivity (Wildman–Crippen MR) is 91.1 cm³/mol. The largest absolute Gasteiger partial charge is 0.390 e. The van der Waals surface area contributed by atoms with E-state index in [2.05, 4.69) is 10.6 Å². The van der Waals surface area contributed by atoms with Crippen molar-refractivity contribution in [3.8, 4) is 0 Å². The van der Waals surface area contributed by atoms with E-state index < -0.39 is 66.8 Å². The van der Waals surface area contributed by atoms with Crippen LogP contribution in [0.4, 0.5) is 4.39 Å². The Balaban J connectivity index is 2.14. The second-order valence-corrected chi connectivity index (χ2v) is 6.76. The Kier molecular flexibility index (Phi) is 6.37. The van der Waals surface area contributed by atoms with E-state index in [1.54, 1.807) is 0 Å². The van der Waals surface area contributed by atoms with Crippen molar-refractivity contribution >= 4 is 29.3 Å². The van der Waals surface area contributed by atoms with Crippen LogP contribution in [0.1, 0.15) is 23.2 Å². The van der Waals surface area contributed by atoms with Crippen LogP contribution >= 0.6 is 11.6 Å². The first-order valence-electron chi connectivity index (χ1n) is 7.94. The van der Waals surface area contributed by atoms with Crippen LogP contribution in [0.2, 0.25) is 5.02 Å². The van der Waals surface area contributed by atoms with E-state index >= 15 is 0 Å². The molecule has 1 aromatic carbocycles. The second kappa shape index (κ2) is 8.17. The summed E-state index contributed by atoms with van der Waals surface area (Å²) in [6, 6.07) is 2.02. The minimum absolute atomic E-state index is 0.0182. The number of carbonyl (C=O) groups is 3. The van der Waals surface area contributed by atoms with Crippen LogP contribution in [0.3, 0.4) is 0 Å². The molecule has 0 saturated heterocycles. The highest BCUT2D eigenvalue weighted by molar-refractivity contribution is 6.31. The summed E-state index contributed by atoms with van der Waals surface area (Å²) in [6.45, 7) is -0.523. The topological polar surface area (TPSA) is 162 Å². The van der Waals surface area contributed by atoms with Gasteiger partial charge in [0.2, 0.25) is 5.91 Å². The lowest BCUT2D eigenvalue weighted by atomic mass is 9.77. The van der Waals surface area contributed by atoms with E-state index in [-0.39, 0.29) is 10.6 Å². The van der Waals surface area contributed by atoms with Crippen molar-refractivity contribution in [2.45, 2.75) is 36.7 Å². The molecule has 0 aliphatic heterocycles. The zero-order valence-electron chi connectivity index (χ0n) is 14.0. The molecule has 1 fully saturated rings. The van der Waals surface area contributed by atoms with Crippen molar-refractivity contribution in [2.24, 2.45) is 5.73 Å². The van der Waals surface area contributed by atoms with E-state index in [1.165, 1.54) is 0 Å². The average Bonchev–Trinajstić information content (AvgIpc) is 2.59. The van der Waals surface area contributed by atoms with Crippen LogP contribution in [0.5, 0.6) is 0 Å². The minimum atomic E-state index is -2.15. The zero-order chi connectivity index (χ0) is 20.4. The van der Waals surface area contributed by atoms with Gasteiger partial charge in [-0.25, -0.2) is 4.39 Å². The molecule has 0 heterocycles. The SMILES string of the molecule is NC(=O)CNC(=O)[C@@]1(O)C[C@@H](O)[C@H](O)[C@@H](NC(=O)c2ccc(F)c(Cl)c2)C1. The summed E-state index contributed by atoms with van der Waals surface area (Å²) in [5.41, 5.74) is 2.76. The van der Waals surface area contributed by atoms with Gasteiger partial charge in [0.05, 0.1) is 23.7 Å². The lowest BCUT2D eigenvalue weighted by Crippen LogP contribution is -2.63. The quantitative estimate of drug-likeness (QED) is 0.348. The van der Waals surface area contributed by atoms with Gasteiger partial charge in [0.25, 0.3) is 11.8 Å². The average molecular weight is 404 g/mol. The molecule has 0 spiro atoms. The van der Waals surface area contributed by atoms with Crippen LogP contribution in [-0.4, -0.2) is 63.4 Å². The molecule has 0 unspecified atom stereocenters. The van der Waals surface area contributed by atoms with Gasteiger partial charge in [-0.1, -0.05) is 11.6 Å². The molecule has 148 valence electrons. The Labute approximate surface area is 158 Å². The number of rotatable bonds is 5. The van der Waals surface area contributed by atoms with Crippen molar-refractivity contribution in [3.63, 3.8) is 0 Å². The van der Waals surface area contributed by atoms with Crippen molar-refractivity contribution in [1.29, 1.82) is 0 Å². The fourth-order valence-electron chi connectivity index (χ4n) is 2.85. The summed E-state index contributed by atoms with van der Waals surface area (Å²) >= 11 is 5.62. The molecule has 9 nitrogen and oxygen atoms in total. The third-order valence-corrected chi connectivity index (χ3v) is 4.54. The monoisotopic (exact) mass is 403 g/mol. The number of carbonyl (C=O) groups excluding carboxylic acids is 3. The Bertz CT molecular complexity index is 764. The summed E-state index contributed by atoms with van der Waals surface area (Å²) in [4.78, 5) is 35.2. The number of halogens is 2. The molecule has 0 radical (unpaired) electrons. The molecule has 2 rings (SSSR count). The molecule has 27 heavy (non-hydrogen) atoms. The number of benzene rings is 1. The van der Waals surface area contributed by atoms with Gasteiger partial charge in [-0.15, -0.1) is 0 Å². The maximum atomic E-state index is 13.2. The Morgan fingerprint density at radius 2 is 1.96 bits per heavy atom. The van der Waals surface area contributed by atoms with E-state index in [4.69, 9.17) is 17.3 Å². The number of nitrogens with one attached hydrogen (secondary N) is 2. The standard InChI is InChI=1S/C16H19ClFN3O6/c17-8-3-7(1-2-9(8)18)14(25)21-10-4-16(27,5-11(22)13(10)24)15(26)20-6-12(19)23/h1-3,10-11,13,22,24,27H,4-6H2,(H2,19,23)(H,20,26)(H,21,25)/t10-,11+,13+,16-/m0/s1. The molecular formula is C16H19ClFN3O6. The molecular weight excluding hydrogens is 385 g/mol. The van der Waals surface area contributed by atoms with Gasteiger partial charge in [0.1, 0.15) is 17.5 Å². The summed E-state index contributed by atoms with van der Waals surface area (Å²) < 4.78 is 13.2. The highest BCUT2D eigenvalue weighted by Gasteiger charge is 2.49. The third kappa shape index (κ3) is 4.92. The maximum absolute atomic E-state index is 13.2. The lowest BCUT2D eigenvalue weighted by Gasteiger charge is -2.41. The van der Waals surface area contributed by atoms with Crippen molar-refractivity contribution in [2.75, 3.05) is 6.54 Å². The summed E-state index contributed by atoms with van der Waals surface area (Å²) in [7, 11) is 0. The molecule has 4 atom stereocenters. The normalized spacial score (nSPS) is 27.7. The number of aliphatic hydroxyl groups excluding tert-OH is 2. The number of primary amides is 1. The summed E-state index contributed by atoms with van der Waals surface area (Å²) in [6.07, 6.45) is -3.93. The Hall–Kier alpha value is -2.27. The minimum Gasteiger partial charge on any atom is -0.390 e. The fraction of sp³-hybridized carbons (Fsp3) is 0.438. The predicted octanol–water partition coefficient (Wildman–Crippen LogP) is -1.57. The first kappa shape index (κ1) is 21.0. The van der Waals surface area contributed by atoms with Crippen LogP contribution < -0.4 is 16.4 Å². The van der Waals surface area contributed by atoms with Gasteiger partial charge in [0.15, 0.2) is 0 Å². The van der Waals surface area contributed by atoms with E-state index in [0.717, 1.165) is 18.2 Å². The molecule has 7 N–H and O–H groups in total. The highest BCUT2D eigenvalue weighted by Crippen LogP contribution is 2.30. The van der Waals surface area contributed by atoms with Crippen LogP contribution in [0.15, 0.2) is 18.2 Å². The van der Waals surface area contributed by atoms with Gasteiger partial charge >= 0.3 is 0 Å². The molecule has 1 aromatic rings. The van der Waals surface area contributed by atoms with Gasteiger partial charge in [0, 0.05) is 18.4 Å². The van der Waals surface area contributed by atoms with E-state index in [9.17, 15) is 34.1 Å². The van der Waals surface area contributed by atoms with Crippen molar-refractivity contribution in [1.82, 2.24) is 10.6 Å². The molecule has 0 bridgehead atoms. The maximum Gasteiger partial charge on any atom is 0.252 e. The summed E-state index contributed by atoms with van der Waals surface area (Å²) in [5.74, 6) is -3.28. The Morgan fingerprint density at radius 3 is 2.56 bits per heavy atom. The van der Waals surface area contributed by atoms with Crippen LogP contribution in [0, 0.1) is 5.82 Å². The molecule has 1 aliphatic carbocycles. The molecule has 3 amide bonds. The van der Waals surface area contributed by atoms with Gasteiger partial charge < -0.3 is 31.7 Å². The molecule has 0 aromatic heterocycles. The van der Waals surface area contributed by atoms with E-state index in [0.29, 0.717) is 0 Å². The molecule has 1 aliphatic rings. The van der Waals surface area contributed by atoms with Crippen molar-refractivity contribution in [3.05, 3.63) is 34.6 Å². The third-order valence-electron chi connectivity index (χ3n) is 4.26. The van der Waals surface area contributed by atoms with Crippen molar-refractivity contribution < 1.29 is 34.1 Å². The molecule has 11 heteroatoms. The second-order valence-electron chi connectivity index (χ2n) is 6.36. The highest BCUT2D eigenvalue weighted by atomic mass is 35.5. The van der Waals surface area contributed by atoms with Gasteiger partial charge in [-0.05, 0) is 18.2 Å². The number of amides is 3. The lowest BCUT2D eigenvalue weighted by molar-refractivity contribution is -0.158. The number of nitrogens with two attached hydrogens (primary N) is 1. The summed E-state index contributed by atoms with van der Waals surface area (Å²) in [5, 5.41) is 34.8. The number of aliphatic hydroxyl groups is 3. The first-order chi connectivity index (χ1) is 12.5. The number of hydrogen-bond donors (Lipinski definition) is 6. The number of hydrogen-bond acceptors (Lipinski definition) is 6. The fourth-order valence-corrected chi connectivity index (χ4v) is 3.03. The molecule has 1 saturated carbocycles. The van der Waals surface area contributed by atoms with Crippen LogP contribution in [0.25, 0.3) is 0 Å². The van der Waals surface area contributed by atoms with Crippen LogP contribution in [-0.2, 0) is 9.59 Å².